The molecule has 0 amide bonds. The maximum Gasteiger partial charge on any atom is 0.341 e. The average Bonchev–Trinajstić information content (AvgIpc) is 2.47. The second-order valence-electron chi connectivity index (χ2n) is 4.17. The Bertz CT molecular complexity index is 709. The molecule has 0 saturated carbocycles. The van der Waals surface area contributed by atoms with E-state index in [1.807, 2.05) is 0 Å². The number of aliphatic imine (C=N–C) groups is 1. The number of hydrogen-bond acceptors (Lipinski definition) is 6. The number of hydrogen-bond donors (Lipinski definition) is 3. The minimum absolute atomic E-state index is 0.00192. The first-order valence-electron chi connectivity index (χ1n) is 5.99. The quantitative estimate of drug-likeness (QED) is 0.594. The molecule has 2 aromatic carbocycles. The molecule has 0 fully saturated rings. The van der Waals surface area contributed by atoms with Gasteiger partial charge in [0.15, 0.2) is 5.75 Å². The SMILES string of the molecule is COC(=O)c1cccc(N=Cc2ccc(O)cc2O)c1O. The molecule has 3 N–H and O–H groups in total. The first kappa shape index (κ1) is 14.4. The predicted molar refractivity (Wildman–Crippen MR) is 76.5 cm³/mol. The third-order valence-electron chi connectivity index (χ3n) is 2.78. The van der Waals surface area contributed by atoms with Crippen LogP contribution in [0.2, 0.25) is 0 Å². The zero-order valence-electron chi connectivity index (χ0n) is 11.1. The van der Waals surface area contributed by atoms with E-state index >= 15 is 0 Å². The highest BCUT2D eigenvalue weighted by atomic mass is 16.5. The van der Waals surface area contributed by atoms with Crippen molar-refractivity contribution >= 4 is 17.9 Å². The Balaban J connectivity index is 2.35. The monoisotopic (exact) mass is 287 g/mol. The molecule has 0 aliphatic heterocycles. The fourth-order valence-corrected chi connectivity index (χ4v) is 1.69. The topological polar surface area (TPSA) is 99.4 Å². The van der Waals surface area contributed by atoms with Crippen LogP contribution in [0.5, 0.6) is 17.2 Å². The van der Waals surface area contributed by atoms with Gasteiger partial charge in [0.2, 0.25) is 0 Å². The van der Waals surface area contributed by atoms with Crippen LogP contribution in [0, 0.1) is 0 Å². The molecule has 108 valence electrons. The van der Waals surface area contributed by atoms with Gasteiger partial charge in [-0.2, -0.15) is 0 Å². The molecule has 2 aromatic rings. The standard InChI is InChI=1S/C15H13NO5/c1-21-15(20)11-3-2-4-12(14(11)19)16-8-9-5-6-10(17)7-13(9)18/h2-8,17-19H,1H3. The molecular formula is C15H13NO5. The highest BCUT2D eigenvalue weighted by Crippen LogP contribution is 2.31. The summed E-state index contributed by atoms with van der Waals surface area (Å²) in [4.78, 5) is 15.5. The normalized spacial score (nSPS) is 10.7. The molecule has 0 radical (unpaired) electrons. The number of para-hydroxylation sites is 1. The number of carbonyl (C=O) groups is 1. The number of esters is 1. The van der Waals surface area contributed by atoms with Crippen molar-refractivity contribution in [3.05, 3.63) is 47.5 Å². The van der Waals surface area contributed by atoms with E-state index in [4.69, 9.17) is 0 Å². The number of ether oxygens (including phenoxy) is 1. The lowest BCUT2D eigenvalue weighted by molar-refractivity contribution is 0.0597. The lowest BCUT2D eigenvalue weighted by atomic mass is 10.1. The average molecular weight is 287 g/mol. The Hall–Kier alpha value is -3.02. The number of carbonyl (C=O) groups excluding carboxylic acids is 1. The summed E-state index contributed by atoms with van der Waals surface area (Å²) in [5.41, 5.74) is 0.517. The van der Waals surface area contributed by atoms with E-state index in [2.05, 4.69) is 9.73 Å². The zero-order valence-corrected chi connectivity index (χ0v) is 11.1. The molecule has 0 aliphatic rings. The van der Waals surface area contributed by atoms with Crippen molar-refractivity contribution in [3.8, 4) is 17.2 Å². The van der Waals surface area contributed by atoms with Crippen LogP contribution in [0.3, 0.4) is 0 Å². The van der Waals surface area contributed by atoms with E-state index < -0.39 is 5.97 Å². The first-order chi connectivity index (χ1) is 10.0. The molecule has 0 atom stereocenters. The van der Waals surface area contributed by atoms with Crippen molar-refractivity contribution in [1.82, 2.24) is 0 Å². The maximum atomic E-state index is 11.5. The second-order valence-corrected chi connectivity index (χ2v) is 4.17. The maximum absolute atomic E-state index is 11.5. The molecule has 6 heteroatoms. The highest BCUT2D eigenvalue weighted by molar-refractivity contribution is 5.95. The van der Waals surface area contributed by atoms with Crippen LogP contribution in [0.15, 0.2) is 41.4 Å². The smallest absolute Gasteiger partial charge is 0.341 e. The molecule has 0 aliphatic carbocycles. The summed E-state index contributed by atoms with van der Waals surface area (Å²) in [7, 11) is 1.21. The third kappa shape index (κ3) is 3.11. The molecule has 0 spiro atoms. The lowest BCUT2D eigenvalue weighted by Gasteiger charge is -2.05. The summed E-state index contributed by atoms with van der Waals surface area (Å²) >= 11 is 0. The van der Waals surface area contributed by atoms with Crippen LogP contribution < -0.4 is 0 Å². The van der Waals surface area contributed by atoms with Gasteiger partial charge < -0.3 is 20.1 Å². The number of nitrogens with zero attached hydrogens (tertiary/aromatic N) is 1. The number of phenols is 3. The molecule has 0 unspecified atom stereocenters. The largest absolute Gasteiger partial charge is 0.508 e. The second kappa shape index (κ2) is 5.96. The summed E-state index contributed by atoms with van der Waals surface area (Å²) in [6.45, 7) is 0. The Morgan fingerprint density at radius 1 is 1.19 bits per heavy atom. The summed E-state index contributed by atoms with van der Waals surface area (Å²) in [5, 5.41) is 28.8. The van der Waals surface area contributed by atoms with E-state index in [0.717, 1.165) is 0 Å². The predicted octanol–water partition coefficient (Wildman–Crippen LogP) is 2.34. The van der Waals surface area contributed by atoms with Gasteiger partial charge in [-0.3, -0.25) is 4.99 Å². The van der Waals surface area contributed by atoms with Crippen molar-refractivity contribution < 1.29 is 24.9 Å². The van der Waals surface area contributed by atoms with Gasteiger partial charge in [0.1, 0.15) is 22.7 Å². The molecule has 0 aromatic heterocycles. The number of benzene rings is 2. The number of methoxy groups -OCH3 is 1. The number of rotatable bonds is 3. The molecule has 0 saturated heterocycles. The summed E-state index contributed by atoms with van der Waals surface area (Å²) in [6.07, 6.45) is 1.31. The van der Waals surface area contributed by atoms with E-state index in [9.17, 15) is 20.1 Å². The van der Waals surface area contributed by atoms with Gasteiger partial charge in [0.05, 0.1) is 7.11 Å². The molecule has 2 rings (SSSR count). The van der Waals surface area contributed by atoms with Crippen molar-refractivity contribution in [3.63, 3.8) is 0 Å². The van der Waals surface area contributed by atoms with E-state index in [-0.39, 0.29) is 28.5 Å². The van der Waals surface area contributed by atoms with Crippen molar-refractivity contribution in [2.45, 2.75) is 0 Å². The van der Waals surface area contributed by atoms with Crippen LogP contribution in [-0.2, 0) is 4.74 Å². The molecule has 21 heavy (non-hydrogen) atoms. The zero-order chi connectivity index (χ0) is 15.4. The summed E-state index contributed by atoms with van der Waals surface area (Å²) < 4.78 is 4.55. The van der Waals surface area contributed by atoms with E-state index in [1.54, 1.807) is 6.07 Å². The Labute approximate surface area is 120 Å². The third-order valence-corrected chi connectivity index (χ3v) is 2.78. The molecule has 0 heterocycles. The lowest BCUT2D eigenvalue weighted by Crippen LogP contribution is -2.01. The van der Waals surface area contributed by atoms with Gasteiger partial charge in [-0.25, -0.2) is 4.79 Å². The Morgan fingerprint density at radius 2 is 1.95 bits per heavy atom. The van der Waals surface area contributed by atoms with Crippen LogP contribution in [0.25, 0.3) is 0 Å². The minimum atomic E-state index is -0.669. The summed E-state index contributed by atoms with van der Waals surface area (Å²) in [6, 6.07) is 8.51. The molecular weight excluding hydrogens is 274 g/mol. The van der Waals surface area contributed by atoms with Gasteiger partial charge in [0.25, 0.3) is 0 Å². The van der Waals surface area contributed by atoms with Gasteiger partial charge in [0, 0.05) is 17.8 Å². The fraction of sp³-hybridized carbons (Fsp3) is 0.0667. The number of aromatic hydroxyl groups is 3. The van der Waals surface area contributed by atoms with Crippen LogP contribution in [0.1, 0.15) is 15.9 Å². The number of phenolic OH excluding ortho intramolecular Hbond substituents is 3. The van der Waals surface area contributed by atoms with Gasteiger partial charge >= 0.3 is 5.97 Å². The van der Waals surface area contributed by atoms with E-state index in [1.165, 1.54) is 43.7 Å². The van der Waals surface area contributed by atoms with Crippen molar-refractivity contribution in [2.75, 3.05) is 7.11 Å². The van der Waals surface area contributed by atoms with Gasteiger partial charge in [-0.05, 0) is 24.3 Å². The Kier molecular flexibility index (Phi) is 4.08. The first-order valence-corrected chi connectivity index (χ1v) is 5.99. The van der Waals surface area contributed by atoms with Crippen LogP contribution in [0.4, 0.5) is 5.69 Å². The highest BCUT2D eigenvalue weighted by Gasteiger charge is 2.13. The van der Waals surface area contributed by atoms with Crippen LogP contribution >= 0.6 is 0 Å². The van der Waals surface area contributed by atoms with Crippen molar-refractivity contribution in [1.29, 1.82) is 0 Å². The van der Waals surface area contributed by atoms with Crippen LogP contribution in [-0.4, -0.2) is 34.6 Å². The van der Waals surface area contributed by atoms with E-state index in [0.29, 0.717) is 5.56 Å². The minimum Gasteiger partial charge on any atom is -0.508 e. The summed E-state index contributed by atoms with van der Waals surface area (Å²) in [5.74, 6) is -1.20. The fourth-order valence-electron chi connectivity index (χ4n) is 1.69. The Morgan fingerprint density at radius 3 is 2.62 bits per heavy atom. The van der Waals surface area contributed by atoms with Gasteiger partial charge in [-0.1, -0.05) is 6.07 Å². The van der Waals surface area contributed by atoms with Gasteiger partial charge in [-0.15, -0.1) is 0 Å². The molecule has 6 nitrogen and oxygen atoms in total. The molecule has 0 bridgehead atoms. The van der Waals surface area contributed by atoms with Crippen molar-refractivity contribution in [2.24, 2.45) is 4.99 Å².